The lowest BCUT2D eigenvalue weighted by Gasteiger charge is -2.37. The second kappa shape index (κ2) is 14.3. The van der Waals surface area contributed by atoms with Gasteiger partial charge in [-0.2, -0.15) is 18.3 Å². The van der Waals surface area contributed by atoms with Gasteiger partial charge in [0.15, 0.2) is 5.69 Å². The maximum absolute atomic E-state index is 13.6. The Morgan fingerprint density at radius 3 is 2.48 bits per heavy atom. The van der Waals surface area contributed by atoms with E-state index in [1.54, 1.807) is 0 Å². The number of piperazine rings is 1. The Balaban J connectivity index is 1.72. The summed E-state index contributed by atoms with van der Waals surface area (Å²) >= 11 is 5.83. The van der Waals surface area contributed by atoms with Crippen LogP contribution in [-0.4, -0.2) is 80.2 Å². The minimum atomic E-state index is -4.75. The van der Waals surface area contributed by atoms with E-state index in [4.69, 9.17) is 17.3 Å². The highest BCUT2D eigenvalue weighted by Crippen LogP contribution is 2.28. The van der Waals surface area contributed by atoms with Crippen LogP contribution in [0.1, 0.15) is 35.5 Å². The number of aliphatic imine (C=N–C) groups is 1. The minimum Gasteiger partial charge on any atom is -0.477 e. The van der Waals surface area contributed by atoms with E-state index in [1.165, 1.54) is 22.9 Å². The number of carboxylic acid groups (broad SMARTS) is 1. The number of carbonyl (C=O) groups is 1. The molecule has 11 nitrogen and oxygen atoms in total. The van der Waals surface area contributed by atoms with Crippen LogP contribution in [0.2, 0.25) is 5.02 Å². The third-order valence-corrected chi connectivity index (χ3v) is 7.67. The SMILES string of the molecule is C=C(N=C/C(=C(\N)n1ccc(C(F)(F)F)n1)c1cc(C(=O)O)c(=O)n(CCN2CCN(C(C)C)CC2)c1)Nc1ccc(F)c(Cl)c1. The summed E-state index contributed by atoms with van der Waals surface area (Å²) in [5.74, 6) is -2.49. The molecule has 0 radical (unpaired) electrons. The Labute approximate surface area is 266 Å². The molecule has 3 aromatic rings. The maximum Gasteiger partial charge on any atom is 0.435 e. The molecule has 1 aliphatic heterocycles. The molecule has 246 valence electrons. The molecule has 1 saturated heterocycles. The molecule has 3 heterocycles. The van der Waals surface area contributed by atoms with Crippen molar-refractivity contribution in [3.05, 3.63) is 93.1 Å². The third-order valence-electron chi connectivity index (χ3n) is 7.38. The molecule has 0 bridgehead atoms. The minimum absolute atomic E-state index is 0.00302. The normalized spacial score (nSPS) is 15.4. The second-order valence-electron chi connectivity index (χ2n) is 10.8. The lowest BCUT2D eigenvalue weighted by Crippen LogP contribution is -2.49. The number of carboxylic acids is 1. The van der Waals surface area contributed by atoms with Gasteiger partial charge >= 0.3 is 12.1 Å². The molecule has 4 rings (SSSR count). The zero-order valence-electron chi connectivity index (χ0n) is 25.1. The van der Waals surface area contributed by atoms with E-state index in [2.05, 4.69) is 45.6 Å². The van der Waals surface area contributed by atoms with E-state index in [9.17, 15) is 32.3 Å². The van der Waals surface area contributed by atoms with Gasteiger partial charge in [0.2, 0.25) is 0 Å². The van der Waals surface area contributed by atoms with Gasteiger partial charge in [-0.15, -0.1) is 0 Å². The fourth-order valence-corrected chi connectivity index (χ4v) is 4.97. The Morgan fingerprint density at radius 1 is 1.20 bits per heavy atom. The van der Waals surface area contributed by atoms with Crippen LogP contribution >= 0.6 is 11.6 Å². The van der Waals surface area contributed by atoms with Gasteiger partial charge < -0.3 is 20.7 Å². The average molecular weight is 665 g/mol. The summed E-state index contributed by atoms with van der Waals surface area (Å²) in [7, 11) is 0. The van der Waals surface area contributed by atoms with E-state index in [1.807, 2.05) is 0 Å². The van der Waals surface area contributed by atoms with Crippen LogP contribution in [0.15, 0.2) is 64.9 Å². The Bertz CT molecular complexity index is 1720. The van der Waals surface area contributed by atoms with Crippen LogP contribution in [0, 0.1) is 5.82 Å². The molecule has 0 atom stereocenters. The van der Waals surface area contributed by atoms with Gasteiger partial charge in [-0.1, -0.05) is 18.2 Å². The largest absolute Gasteiger partial charge is 0.477 e. The van der Waals surface area contributed by atoms with Crippen molar-refractivity contribution in [1.82, 2.24) is 24.1 Å². The van der Waals surface area contributed by atoms with Crippen LogP contribution in [-0.2, 0) is 12.7 Å². The lowest BCUT2D eigenvalue weighted by molar-refractivity contribution is -0.141. The van der Waals surface area contributed by atoms with Crippen molar-refractivity contribution in [3.63, 3.8) is 0 Å². The zero-order valence-corrected chi connectivity index (χ0v) is 25.8. The van der Waals surface area contributed by atoms with Gasteiger partial charge in [0.1, 0.15) is 23.0 Å². The number of pyridine rings is 1. The maximum atomic E-state index is 13.6. The predicted molar refractivity (Wildman–Crippen MR) is 168 cm³/mol. The first-order valence-electron chi connectivity index (χ1n) is 14.2. The van der Waals surface area contributed by atoms with Crippen molar-refractivity contribution in [1.29, 1.82) is 0 Å². The topological polar surface area (TPSA) is 134 Å². The van der Waals surface area contributed by atoms with Crippen LogP contribution in [0.3, 0.4) is 0 Å². The van der Waals surface area contributed by atoms with Gasteiger partial charge in [-0.25, -0.2) is 18.9 Å². The number of halogens is 5. The number of hydrogen-bond acceptors (Lipinski definition) is 8. The molecule has 0 unspecified atom stereocenters. The number of hydrogen-bond donors (Lipinski definition) is 3. The molecule has 0 amide bonds. The van der Waals surface area contributed by atoms with E-state index in [0.717, 1.165) is 61.5 Å². The summed E-state index contributed by atoms with van der Waals surface area (Å²) in [4.78, 5) is 33.9. The van der Waals surface area contributed by atoms with E-state index < -0.39 is 34.8 Å². The molecule has 1 fully saturated rings. The third kappa shape index (κ3) is 8.41. The Hall–Kier alpha value is -4.47. The number of benzene rings is 1. The molecule has 1 aromatic carbocycles. The number of aromatic nitrogens is 3. The summed E-state index contributed by atoms with van der Waals surface area (Å²) in [6, 6.07) is 6.00. The number of nitrogens with zero attached hydrogens (tertiary/aromatic N) is 6. The summed E-state index contributed by atoms with van der Waals surface area (Å²) in [6.45, 7) is 11.8. The molecular weight excluding hydrogens is 632 g/mol. The number of aromatic carboxylic acids is 1. The van der Waals surface area contributed by atoms with Crippen molar-refractivity contribution in [2.24, 2.45) is 10.7 Å². The van der Waals surface area contributed by atoms with Crippen molar-refractivity contribution in [2.75, 3.05) is 38.0 Å². The lowest BCUT2D eigenvalue weighted by atomic mass is 10.1. The highest BCUT2D eigenvalue weighted by molar-refractivity contribution is 6.31. The fourth-order valence-electron chi connectivity index (χ4n) is 4.79. The van der Waals surface area contributed by atoms with Gasteiger partial charge in [0, 0.05) is 80.7 Å². The molecule has 0 aliphatic carbocycles. The van der Waals surface area contributed by atoms with Crippen molar-refractivity contribution in [3.8, 4) is 0 Å². The fraction of sp³-hybridized carbons (Fsp3) is 0.333. The number of alkyl halides is 3. The quantitative estimate of drug-likeness (QED) is 0.201. The zero-order chi connectivity index (χ0) is 33.8. The summed E-state index contributed by atoms with van der Waals surface area (Å²) < 4.78 is 55.5. The second-order valence-corrected chi connectivity index (χ2v) is 11.2. The number of nitrogens with one attached hydrogen (secondary N) is 1. The Kier molecular flexibility index (Phi) is 10.7. The van der Waals surface area contributed by atoms with Gasteiger partial charge in [-0.3, -0.25) is 14.6 Å². The molecule has 2 aromatic heterocycles. The predicted octanol–water partition coefficient (Wildman–Crippen LogP) is 4.52. The summed E-state index contributed by atoms with van der Waals surface area (Å²) in [5.41, 5.74) is 4.12. The van der Waals surface area contributed by atoms with E-state index >= 15 is 0 Å². The smallest absolute Gasteiger partial charge is 0.435 e. The number of anilines is 1. The van der Waals surface area contributed by atoms with Crippen LogP contribution in [0.4, 0.5) is 23.2 Å². The van der Waals surface area contributed by atoms with Crippen LogP contribution < -0.4 is 16.6 Å². The van der Waals surface area contributed by atoms with Crippen LogP contribution in [0.5, 0.6) is 0 Å². The van der Waals surface area contributed by atoms with Gasteiger partial charge in [0.05, 0.1) is 5.02 Å². The van der Waals surface area contributed by atoms with E-state index in [-0.39, 0.29) is 34.3 Å². The molecule has 0 saturated carbocycles. The standard InChI is InChI=1S/C30H33ClF4N8O3/c1-18(2)41-11-8-40(9-12-41)10-13-42-17-20(14-22(28(42)44)29(45)46)23(27(36)43-7-6-26(39-43)30(33,34)35)16-37-19(3)38-21-4-5-25(32)24(31)15-21/h4-7,14-18,38H,3,8-13,36H2,1-2H3,(H,45,46)/b27-23-,37-16?. The molecule has 46 heavy (non-hydrogen) atoms. The molecule has 4 N–H and O–H groups in total. The molecule has 1 aliphatic rings. The monoisotopic (exact) mass is 664 g/mol. The molecule has 16 heteroatoms. The molecular formula is C30H33ClF4N8O3. The van der Waals surface area contributed by atoms with Gasteiger partial charge in [0.25, 0.3) is 5.56 Å². The van der Waals surface area contributed by atoms with Gasteiger partial charge in [-0.05, 0) is 44.2 Å². The number of rotatable bonds is 11. The number of allylic oxidation sites excluding steroid dienone is 1. The highest BCUT2D eigenvalue weighted by Gasteiger charge is 2.34. The first-order valence-corrected chi connectivity index (χ1v) is 14.5. The first kappa shape index (κ1) is 34.4. The summed E-state index contributed by atoms with van der Waals surface area (Å²) in [6.07, 6.45) is -1.24. The van der Waals surface area contributed by atoms with Crippen molar-refractivity contribution < 1.29 is 27.5 Å². The Morgan fingerprint density at radius 2 is 1.89 bits per heavy atom. The first-order chi connectivity index (χ1) is 21.6. The van der Waals surface area contributed by atoms with Crippen molar-refractivity contribution in [2.45, 2.75) is 32.6 Å². The highest BCUT2D eigenvalue weighted by atomic mass is 35.5. The number of nitrogens with two attached hydrogens (primary N) is 1. The average Bonchev–Trinajstić information content (AvgIpc) is 3.50. The van der Waals surface area contributed by atoms with E-state index in [0.29, 0.717) is 18.3 Å². The molecule has 0 spiro atoms. The van der Waals surface area contributed by atoms with Crippen LogP contribution in [0.25, 0.3) is 11.4 Å². The van der Waals surface area contributed by atoms with Crippen molar-refractivity contribution >= 4 is 40.9 Å². The summed E-state index contributed by atoms with van der Waals surface area (Å²) in [5, 5.41) is 16.0.